The molecule has 1 aliphatic rings. The Balaban J connectivity index is 1.90. The molecule has 2 heterocycles. The number of ether oxygens (including phenoxy) is 1. The minimum atomic E-state index is -2.95. The maximum absolute atomic E-state index is 15.5. The lowest BCUT2D eigenvalue weighted by molar-refractivity contribution is -0.119. The van der Waals surface area contributed by atoms with Crippen molar-refractivity contribution in [3.63, 3.8) is 0 Å². The van der Waals surface area contributed by atoms with E-state index in [9.17, 15) is 13.6 Å². The van der Waals surface area contributed by atoms with Crippen molar-refractivity contribution in [3.05, 3.63) is 47.5 Å². The number of nitrogens with zero attached hydrogens (tertiary/aromatic N) is 3. The van der Waals surface area contributed by atoms with Gasteiger partial charge in [0, 0.05) is 19.0 Å². The smallest absolute Gasteiger partial charge is 0.270 e. The standard InChI is InChI=1S/C23H30F3N5O2/c1-22(2,3)11-16(19(27)32)30-20-18(24)21(29-13-28-20)31-9-10-33-12-17(31)14-5-7-15(8-6-14)23(4,25)26/h5-8,13,16-17H,9-12H2,1-4H3,(H2,27,32)(H,28,29,30). The van der Waals surface area contributed by atoms with Crippen molar-refractivity contribution in [2.45, 2.75) is 52.1 Å². The van der Waals surface area contributed by atoms with Crippen LogP contribution in [0.1, 0.15) is 51.3 Å². The van der Waals surface area contributed by atoms with Gasteiger partial charge in [0.15, 0.2) is 11.6 Å². The van der Waals surface area contributed by atoms with Gasteiger partial charge in [-0.2, -0.15) is 4.39 Å². The predicted octanol–water partition coefficient (Wildman–Crippen LogP) is 4.01. The van der Waals surface area contributed by atoms with E-state index in [0.717, 1.165) is 6.92 Å². The summed E-state index contributed by atoms with van der Waals surface area (Å²) < 4.78 is 48.3. The predicted molar refractivity (Wildman–Crippen MR) is 120 cm³/mol. The van der Waals surface area contributed by atoms with Crippen LogP contribution in [0.25, 0.3) is 0 Å². The number of carbonyl (C=O) groups is 1. The number of hydrogen-bond donors (Lipinski definition) is 2. The van der Waals surface area contributed by atoms with E-state index in [4.69, 9.17) is 10.5 Å². The van der Waals surface area contributed by atoms with Gasteiger partial charge in [-0.1, -0.05) is 45.0 Å². The van der Waals surface area contributed by atoms with E-state index in [2.05, 4.69) is 15.3 Å². The molecule has 2 aromatic rings. The van der Waals surface area contributed by atoms with E-state index in [1.807, 2.05) is 20.8 Å². The highest BCUT2D eigenvalue weighted by molar-refractivity contribution is 5.82. The second-order valence-corrected chi connectivity index (χ2v) is 9.52. The normalized spacial score (nSPS) is 18.2. The highest BCUT2D eigenvalue weighted by atomic mass is 19.3. The maximum Gasteiger partial charge on any atom is 0.270 e. The number of nitrogens with one attached hydrogen (secondary N) is 1. The van der Waals surface area contributed by atoms with Gasteiger partial charge in [0.2, 0.25) is 11.7 Å². The van der Waals surface area contributed by atoms with Crippen LogP contribution in [0, 0.1) is 11.2 Å². The third-order valence-corrected chi connectivity index (χ3v) is 5.44. The van der Waals surface area contributed by atoms with Crippen molar-refractivity contribution >= 4 is 17.5 Å². The topological polar surface area (TPSA) is 93.4 Å². The molecule has 0 bridgehead atoms. The second kappa shape index (κ2) is 9.54. The summed E-state index contributed by atoms with van der Waals surface area (Å²) in [4.78, 5) is 21.8. The first-order chi connectivity index (χ1) is 15.4. The number of benzene rings is 1. The fraction of sp³-hybridized carbons (Fsp3) is 0.522. The monoisotopic (exact) mass is 465 g/mol. The molecule has 1 amide bonds. The van der Waals surface area contributed by atoms with Gasteiger partial charge in [-0.05, 0) is 17.4 Å². The number of morpholine rings is 1. The molecule has 33 heavy (non-hydrogen) atoms. The van der Waals surface area contributed by atoms with Crippen molar-refractivity contribution in [3.8, 4) is 0 Å². The summed E-state index contributed by atoms with van der Waals surface area (Å²) in [5, 5.41) is 2.82. The summed E-state index contributed by atoms with van der Waals surface area (Å²) >= 11 is 0. The van der Waals surface area contributed by atoms with Gasteiger partial charge >= 0.3 is 0 Å². The number of rotatable bonds is 7. The summed E-state index contributed by atoms with van der Waals surface area (Å²) in [6, 6.07) is 4.64. The van der Waals surface area contributed by atoms with E-state index in [0.29, 0.717) is 25.1 Å². The Kier molecular flexibility index (Phi) is 7.16. The van der Waals surface area contributed by atoms with Gasteiger partial charge in [0.25, 0.3) is 5.92 Å². The lowest BCUT2D eigenvalue weighted by atomic mass is 9.88. The summed E-state index contributed by atoms with van der Waals surface area (Å²) in [5.74, 6) is -4.38. The van der Waals surface area contributed by atoms with Crippen molar-refractivity contribution in [2.24, 2.45) is 11.1 Å². The Hall–Kier alpha value is -2.88. The van der Waals surface area contributed by atoms with Gasteiger partial charge in [0.05, 0.1) is 19.3 Å². The molecule has 3 rings (SSSR count). The van der Waals surface area contributed by atoms with Crippen molar-refractivity contribution in [1.29, 1.82) is 0 Å². The Labute approximate surface area is 191 Å². The summed E-state index contributed by atoms with van der Waals surface area (Å²) in [6.07, 6.45) is 1.60. The Bertz CT molecular complexity index is 974. The van der Waals surface area contributed by atoms with Crippen LogP contribution in [0.5, 0.6) is 0 Å². The molecule has 2 atom stereocenters. The van der Waals surface area contributed by atoms with Crippen LogP contribution in [0.4, 0.5) is 24.8 Å². The van der Waals surface area contributed by atoms with Gasteiger partial charge < -0.3 is 20.7 Å². The number of aromatic nitrogens is 2. The number of anilines is 2. The first-order valence-corrected chi connectivity index (χ1v) is 10.8. The molecular formula is C23H30F3N5O2. The van der Waals surface area contributed by atoms with Gasteiger partial charge in [-0.15, -0.1) is 0 Å². The Morgan fingerprint density at radius 2 is 1.91 bits per heavy atom. The zero-order valence-electron chi connectivity index (χ0n) is 19.2. The van der Waals surface area contributed by atoms with E-state index in [-0.39, 0.29) is 29.2 Å². The molecule has 1 fully saturated rings. The zero-order valence-corrected chi connectivity index (χ0v) is 19.2. The molecule has 1 aromatic carbocycles. The average Bonchev–Trinajstić information content (AvgIpc) is 2.73. The SMILES string of the molecule is CC(C)(C)CC(Nc1ncnc(N2CCOCC2c2ccc(C(C)(F)F)cc2)c1F)C(N)=O. The highest BCUT2D eigenvalue weighted by Crippen LogP contribution is 2.34. The summed E-state index contributed by atoms with van der Waals surface area (Å²) in [6.45, 7) is 7.61. The maximum atomic E-state index is 15.5. The number of primary amides is 1. The minimum absolute atomic E-state index is 0.0321. The quantitative estimate of drug-likeness (QED) is 0.642. The third kappa shape index (κ3) is 6.13. The fourth-order valence-electron chi connectivity index (χ4n) is 3.79. The lowest BCUT2D eigenvalue weighted by Gasteiger charge is -2.37. The van der Waals surface area contributed by atoms with Crippen LogP contribution < -0.4 is 16.0 Å². The van der Waals surface area contributed by atoms with Gasteiger partial charge in [-0.25, -0.2) is 18.7 Å². The number of halogens is 3. The molecule has 0 radical (unpaired) electrons. The largest absolute Gasteiger partial charge is 0.377 e. The first kappa shape index (κ1) is 24.8. The third-order valence-electron chi connectivity index (χ3n) is 5.44. The van der Waals surface area contributed by atoms with Crippen molar-refractivity contribution < 1.29 is 22.7 Å². The van der Waals surface area contributed by atoms with Crippen molar-refractivity contribution in [2.75, 3.05) is 30.0 Å². The molecule has 0 aliphatic carbocycles. The number of hydrogen-bond acceptors (Lipinski definition) is 6. The molecule has 1 aromatic heterocycles. The molecule has 10 heteroatoms. The van der Waals surface area contributed by atoms with Gasteiger partial charge in [-0.3, -0.25) is 4.79 Å². The van der Waals surface area contributed by atoms with Crippen LogP contribution in [0.15, 0.2) is 30.6 Å². The Morgan fingerprint density at radius 1 is 1.24 bits per heavy atom. The van der Waals surface area contributed by atoms with Crippen LogP contribution in [0.2, 0.25) is 0 Å². The molecular weight excluding hydrogens is 435 g/mol. The number of nitrogens with two attached hydrogens (primary N) is 1. The van der Waals surface area contributed by atoms with Gasteiger partial charge in [0.1, 0.15) is 12.4 Å². The number of carbonyl (C=O) groups excluding carboxylic acids is 1. The van der Waals surface area contributed by atoms with E-state index in [1.165, 1.54) is 18.5 Å². The molecule has 7 nitrogen and oxygen atoms in total. The zero-order chi connectivity index (χ0) is 24.4. The fourth-order valence-corrected chi connectivity index (χ4v) is 3.79. The van der Waals surface area contributed by atoms with Crippen LogP contribution in [0.3, 0.4) is 0 Å². The molecule has 0 spiro atoms. The summed E-state index contributed by atoms with van der Waals surface area (Å²) in [5.41, 5.74) is 5.88. The van der Waals surface area contributed by atoms with Crippen LogP contribution in [-0.2, 0) is 15.5 Å². The molecule has 1 saturated heterocycles. The van der Waals surface area contributed by atoms with Crippen LogP contribution in [-0.4, -0.2) is 41.7 Å². The Morgan fingerprint density at radius 3 is 2.48 bits per heavy atom. The second-order valence-electron chi connectivity index (χ2n) is 9.52. The van der Waals surface area contributed by atoms with Crippen molar-refractivity contribution in [1.82, 2.24) is 9.97 Å². The van der Waals surface area contributed by atoms with E-state index >= 15 is 4.39 Å². The van der Waals surface area contributed by atoms with E-state index in [1.54, 1.807) is 17.0 Å². The number of alkyl halides is 2. The molecule has 3 N–H and O–H groups in total. The minimum Gasteiger partial charge on any atom is -0.377 e. The molecule has 1 aliphatic heterocycles. The summed E-state index contributed by atoms with van der Waals surface area (Å²) in [7, 11) is 0. The lowest BCUT2D eigenvalue weighted by Crippen LogP contribution is -2.41. The molecule has 180 valence electrons. The highest BCUT2D eigenvalue weighted by Gasteiger charge is 2.31. The average molecular weight is 466 g/mol. The first-order valence-electron chi connectivity index (χ1n) is 10.8. The molecule has 2 unspecified atom stereocenters. The van der Waals surface area contributed by atoms with Crippen LogP contribution >= 0.6 is 0 Å². The number of amides is 1. The molecule has 0 saturated carbocycles. The van der Waals surface area contributed by atoms with E-state index < -0.39 is 29.7 Å².